The summed E-state index contributed by atoms with van der Waals surface area (Å²) in [6, 6.07) is 60.2. The molecule has 286 valence electrons. The number of carbonyl (C=O) groups excluding carboxylic acids is 1. The molecule has 0 atom stereocenters. The number of aryl methyl sites for hydroxylation is 1. The van der Waals surface area contributed by atoms with Crippen molar-refractivity contribution in [1.29, 1.82) is 0 Å². The Morgan fingerprint density at radius 2 is 1.24 bits per heavy atom. The highest BCUT2D eigenvalue weighted by Gasteiger charge is 2.42. The standard InChI is InChI=1S/C50H40N8O/c1-2-16-45-51-43-31-32-46(57-44-26-15-12-17-37(44)33-47(57)59)52-49(43)56(45)34-35-27-29-36(30-28-35)41-24-13-14-25-42(41)48-53-54-55-58(48)50(38-18-6-3-7-19-38,39-20-8-4-9-21-39)40-22-10-5-11-23-40/h3-15,17-32H,2,16,33-34H2,1H3. The van der Waals surface area contributed by atoms with Crippen molar-refractivity contribution in [2.24, 2.45) is 0 Å². The largest absolute Gasteiger partial charge is 0.308 e. The molecule has 0 N–H and O–H groups in total. The predicted molar refractivity (Wildman–Crippen MR) is 231 cm³/mol. The Bertz CT molecular complexity index is 2830. The lowest BCUT2D eigenvalue weighted by Crippen LogP contribution is -2.39. The molecule has 1 aliphatic heterocycles. The highest BCUT2D eigenvalue weighted by Crippen LogP contribution is 2.43. The molecule has 10 rings (SSSR count). The Labute approximate surface area is 342 Å². The molecule has 1 amide bonds. The molecule has 1 aliphatic rings. The maximum Gasteiger partial charge on any atom is 0.237 e. The minimum Gasteiger partial charge on any atom is -0.308 e. The molecule has 4 heterocycles. The molecular weight excluding hydrogens is 729 g/mol. The SMILES string of the molecule is CCCc1nc2ccc(N3C(=O)Cc4ccccc43)nc2n1Cc1ccc(-c2ccccc2-c2nnnn2C(c2ccccc2)(c2ccccc2)c2ccccc2)cc1. The molecule has 0 unspecified atom stereocenters. The molecule has 9 heteroatoms. The highest BCUT2D eigenvalue weighted by molar-refractivity contribution is 6.07. The molecule has 0 saturated heterocycles. The van der Waals surface area contributed by atoms with Crippen molar-refractivity contribution in [2.75, 3.05) is 4.90 Å². The summed E-state index contributed by atoms with van der Waals surface area (Å²) in [6.07, 6.45) is 2.13. The van der Waals surface area contributed by atoms with Crippen LogP contribution in [0.2, 0.25) is 0 Å². The number of carbonyl (C=O) groups is 1. The first-order valence-electron chi connectivity index (χ1n) is 20.0. The average molecular weight is 769 g/mol. The van der Waals surface area contributed by atoms with Crippen molar-refractivity contribution >= 4 is 28.6 Å². The summed E-state index contributed by atoms with van der Waals surface area (Å²) in [4.78, 5) is 25.0. The van der Waals surface area contributed by atoms with Crippen LogP contribution in [0, 0.1) is 0 Å². The second-order valence-corrected chi connectivity index (χ2v) is 14.9. The molecular formula is C50H40N8O. The Morgan fingerprint density at radius 3 is 1.90 bits per heavy atom. The van der Waals surface area contributed by atoms with Crippen LogP contribution in [0.3, 0.4) is 0 Å². The van der Waals surface area contributed by atoms with Gasteiger partial charge in [0.2, 0.25) is 5.91 Å². The van der Waals surface area contributed by atoms with Crippen LogP contribution in [-0.4, -0.2) is 40.6 Å². The van der Waals surface area contributed by atoms with Crippen LogP contribution in [0.5, 0.6) is 0 Å². The van der Waals surface area contributed by atoms with E-state index in [0.717, 1.165) is 80.0 Å². The summed E-state index contributed by atoms with van der Waals surface area (Å²) in [7, 11) is 0. The van der Waals surface area contributed by atoms with Gasteiger partial charge in [-0.15, -0.1) is 5.10 Å². The predicted octanol–water partition coefficient (Wildman–Crippen LogP) is 9.81. The van der Waals surface area contributed by atoms with Crippen molar-refractivity contribution < 1.29 is 4.79 Å². The molecule has 0 bridgehead atoms. The second-order valence-electron chi connectivity index (χ2n) is 14.9. The van der Waals surface area contributed by atoms with E-state index in [4.69, 9.17) is 20.3 Å². The van der Waals surface area contributed by atoms with E-state index < -0.39 is 5.54 Å². The number of amides is 1. The number of fused-ring (bicyclic) bond motifs is 2. The summed E-state index contributed by atoms with van der Waals surface area (Å²) < 4.78 is 4.18. The third-order valence-electron chi connectivity index (χ3n) is 11.3. The molecule has 0 saturated carbocycles. The normalized spacial score (nSPS) is 12.6. The molecule has 9 aromatic rings. The van der Waals surface area contributed by atoms with Gasteiger partial charge in [0.05, 0.1) is 18.7 Å². The molecule has 3 aromatic heterocycles. The summed E-state index contributed by atoms with van der Waals surface area (Å²) in [5.74, 6) is 2.26. The number of benzene rings is 6. The third kappa shape index (κ3) is 6.19. The van der Waals surface area contributed by atoms with E-state index in [-0.39, 0.29) is 5.91 Å². The van der Waals surface area contributed by atoms with Gasteiger partial charge in [-0.2, -0.15) is 0 Å². The summed E-state index contributed by atoms with van der Waals surface area (Å²) >= 11 is 0. The number of anilines is 2. The van der Waals surface area contributed by atoms with Crippen LogP contribution in [0.25, 0.3) is 33.7 Å². The summed E-state index contributed by atoms with van der Waals surface area (Å²) in [5, 5.41) is 13.9. The van der Waals surface area contributed by atoms with Crippen LogP contribution in [0.4, 0.5) is 11.5 Å². The van der Waals surface area contributed by atoms with Gasteiger partial charge in [0, 0.05) is 12.0 Å². The zero-order chi connectivity index (χ0) is 39.8. The van der Waals surface area contributed by atoms with Crippen molar-refractivity contribution in [3.05, 3.63) is 210 Å². The minimum absolute atomic E-state index is 0.0219. The number of tetrazole rings is 1. The van der Waals surface area contributed by atoms with E-state index in [2.05, 4.69) is 132 Å². The van der Waals surface area contributed by atoms with Crippen molar-refractivity contribution in [3.8, 4) is 22.5 Å². The topological polar surface area (TPSA) is 94.6 Å². The number of imidazole rings is 1. The third-order valence-corrected chi connectivity index (χ3v) is 11.3. The van der Waals surface area contributed by atoms with Gasteiger partial charge >= 0.3 is 0 Å². The first kappa shape index (κ1) is 35.9. The van der Waals surface area contributed by atoms with Crippen molar-refractivity contribution in [3.63, 3.8) is 0 Å². The van der Waals surface area contributed by atoms with Crippen molar-refractivity contribution in [1.82, 2.24) is 34.7 Å². The second kappa shape index (κ2) is 15.1. The van der Waals surface area contributed by atoms with Crippen LogP contribution < -0.4 is 4.90 Å². The van der Waals surface area contributed by atoms with Crippen LogP contribution in [0.15, 0.2) is 176 Å². The van der Waals surface area contributed by atoms with E-state index in [1.54, 1.807) is 4.90 Å². The lowest BCUT2D eigenvalue weighted by molar-refractivity contribution is -0.116. The van der Waals surface area contributed by atoms with E-state index in [9.17, 15) is 4.79 Å². The lowest BCUT2D eigenvalue weighted by Gasteiger charge is -2.36. The average Bonchev–Trinajstić information content (AvgIpc) is 4.01. The van der Waals surface area contributed by atoms with E-state index >= 15 is 0 Å². The lowest BCUT2D eigenvalue weighted by atomic mass is 9.77. The van der Waals surface area contributed by atoms with E-state index in [1.165, 1.54) is 0 Å². The minimum atomic E-state index is -0.872. The molecule has 0 fully saturated rings. The molecule has 59 heavy (non-hydrogen) atoms. The number of pyridine rings is 1. The Hall–Kier alpha value is -7.52. The summed E-state index contributed by atoms with van der Waals surface area (Å²) in [6.45, 7) is 2.75. The molecule has 6 aromatic carbocycles. The van der Waals surface area contributed by atoms with Gasteiger partial charge < -0.3 is 4.57 Å². The molecule has 0 aliphatic carbocycles. The number of hydrogen-bond donors (Lipinski definition) is 0. The smallest absolute Gasteiger partial charge is 0.237 e. The molecule has 9 nitrogen and oxygen atoms in total. The van der Waals surface area contributed by atoms with Crippen LogP contribution in [0.1, 0.15) is 47.0 Å². The highest BCUT2D eigenvalue weighted by atomic mass is 16.2. The fraction of sp³-hybridized carbons (Fsp3) is 0.120. The van der Waals surface area contributed by atoms with Gasteiger partial charge in [-0.25, -0.2) is 14.6 Å². The molecule has 0 radical (unpaired) electrons. The zero-order valence-corrected chi connectivity index (χ0v) is 32.6. The van der Waals surface area contributed by atoms with Gasteiger partial charge in [-0.05, 0) is 74.0 Å². The number of rotatable bonds is 11. The first-order valence-corrected chi connectivity index (χ1v) is 20.0. The van der Waals surface area contributed by atoms with Gasteiger partial charge in [0.25, 0.3) is 0 Å². The maximum absolute atomic E-state index is 13.2. The maximum atomic E-state index is 13.2. The number of nitrogens with zero attached hydrogens (tertiary/aromatic N) is 8. The Kier molecular flexibility index (Phi) is 9.18. The monoisotopic (exact) mass is 768 g/mol. The van der Waals surface area contributed by atoms with Gasteiger partial charge in [-0.3, -0.25) is 9.69 Å². The fourth-order valence-electron chi connectivity index (χ4n) is 8.64. The van der Waals surface area contributed by atoms with Crippen LogP contribution >= 0.6 is 0 Å². The Balaban J connectivity index is 1.04. The molecule has 0 spiro atoms. The fourth-order valence-corrected chi connectivity index (χ4v) is 8.64. The number of hydrogen-bond acceptors (Lipinski definition) is 6. The van der Waals surface area contributed by atoms with Gasteiger partial charge in [0.1, 0.15) is 22.7 Å². The number of para-hydroxylation sites is 1. The first-order chi connectivity index (χ1) is 29.1. The quantitative estimate of drug-likeness (QED) is 0.122. The van der Waals surface area contributed by atoms with Gasteiger partial charge in [0.15, 0.2) is 11.5 Å². The van der Waals surface area contributed by atoms with Gasteiger partial charge in [-0.1, -0.05) is 165 Å². The van der Waals surface area contributed by atoms with Crippen molar-refractivity contribution in [2.45, 2.75) is 38.3 Å². The number of aromatic nitrogens is 7. The van der Waals surface area contributed by atoms with E-state index in [1.807, 2.05) is 65.3 Å². The summed E-state index contributed by atoms with van der Waals surface area (Å²) in [5.41, 5.74) is 9.82. The van der Waals surface area contributed by atoms with E-state index in [0.29, 0.717) is 24.6 Å². The Morgan fingerprint density at radius 1 is 0.627 bits per heavy atom. The van der Waals surface area contributed by atoms with Crippen LogP contribution in [-0.2, 0) is 29.7 Å². The zero-order valence-electron chi connectivity index (χ0n) is 32.6.